The molecule has 6 aliphatic rings. The summed E-state index contributed by atoms with van der Waals surface area (Å²) in [6, 6.07) is 35.6. The first-order valence-corrected chi connectivity index (χ1v) is 23.2. The van der Waals surface area contributed by atoms with Crippen molar-refractivity contribution >= 4 is 6.48 Å². The SMILES string of the molecule is CC(C)(C)c1ccc2c(c1)Cc1c-2ccc(C(C)(C)C)[c]1[Zr]([C]1=CC(C23CC4CC(CC(C4)C2)C3)=CC1)=[C](c1ccccc1)c1ccccc1. The molecule has 0 unspecified atom stereocenters. The summed E-state index contributed by atoms with van der Waals surface area (Å²) in [5.74, 6) is 2.90. The zero-order valence-corrected chi connectivity index (χ0v) is 33.7. The van der Waals surface area contributed by atoms with E-state index in [0.29, 0.717) is 5.41 Å². The molecule has 0 N–H and O–H groups in total. The van der Waals surface area contributed by atoms with Gasteiger partial charge in [0.05, 0.1) is 0 Å². The molecular weight excluding hydrogens is 680 g/mol. The number of allylic oxidation sites excluding steroid dienone is 4. The van der Waals surface area contributed by atoms with Gasteiger partial charge >= 0.3 is 311 Å². The third-order valence-electron chi connectivity index (χ3n) is 13.2. The van der Waals surface area contributed by atoms with Crippen LogP contribution >= 0.6 is 0 Å². The van der Waals surface area contributed by atoms with E-state index in [1.807, 2.05) is 0 Å². The summed E-state index contributed by atoms with van der Waals surface area (Å²) in [6.07, 6.45) is 16.6. The van der Waals surface area contributed by atoms with E-state index in [1.54, 1.807) is 26.5 Å². The molecule has 4 aromatic rings. The quantitative estimate of drug-likeness (QED) is 0.169. The molecule has 0 aliphatic heterocycles. The molecular formula is C49H54Zr. The second-order valence-electron chi connectivity index (χ2n) is 18.8. The topological polar surface area (TPSA) is 0 Å². The van der Waals surface area contributed by atoms with E-state index >= 15 is 0 Å². The van der Waals surface area contributed by atoms with Crippen molar-refractivity contribution in [2.75, 3.05) is 0 Å². The first kappa shape index (κ1) is 33.0. The summed E-state index contributed by atoms with van der Waals surface area (Å²) in [4.78, 5) is 0. The molecule has 4 bridgehead atoms. The van der Waals surface area contributed by atoms with Crippen LogP contribution in [0.1, 0.15) is 120 Å². The Kier molecular flexibility index (Phi) is 7.97. The monoisotopic (exact) mass is 732 g/mol. The van der Waals surface area contributed by atoms with Crippen molar-refractivity contribution in [3.63, 3.8) is 0 Å². The third kappa shape index (κ3) is 5.61. The fourth-order valence-corrected chi connectivity index (χ4v) is 20.3. The molecule has 4 fully saturated rings. The van der Waals surface area contributed by atoms with E-state index in [-0.39, 0.29) is 10.8 Å². The Balaban J connectivity index is 1.31. The third-order valence-corrected chi connectivity index (χ3v) is 20.9. The van der Waals surface area contributed by atoms with Gasteiger partial charge in [-0.1, -0.05) is 0 Å². The molecule has 0 heterocycles. The van der Waals surface area contributed by atoms with E-state index in [4.69, 9.17) is 0 Å². The van der Waals surface area contributed by atoms with E-state index in [2.05, 4.69) is 145 Å². The Hall–Kier alpha value is -2.89. The Labute approximate surface area is 309 Å². The summed E-state index contributed by atoms with van der Waals surface area (Å²) >= 11 is -2.88. The Morgan fingerprint density at radius 2 is 1.24 bits per heavy atom. The fraction of sp³-hybridized carbons (Fsp3) is 0.408. The molecule has 0 amide bonds. The molecule has 0 nitrogen and oxygen atoms in total. The molecule has 0 saturated heterocycles. The van der Waals surface area contributed by atoms with Crippen LogP contribution in [0.15, 0.2) is 112 Å². The van der Waals surface area contributed by atoms with Crippen LogP contribution < -0.4 is 3.27 Å². The standard InChI is InChI=1S/C21H25.C15H19.C13H10.Zr/c1-20(2,3)16-7-9-18-14(12-16)11-15-13-17(21(4,5)6)8-10-19(15)18;1-2-4-14(3-1)15-8-11-5-12(9-15)7-13(6-11)10-15;1-3-7-12(8-4-1)11-13-9-5-2-6-10-13;/h7-10,12H,11H2,1-6H3;3-4,11-13H,1,5-10H2;1-10H;. The predicted molar refractivity (Wildman–Crippen MR) is 209 cm³/mol. The van der Waals surface area contributed by atoms with E-state index in [0.717, 1.165) is 30.6 Å². The number of hydrogen-bond donors (Lipinski definition) is 0. The first-order chi connectivity index (χ1) is 24.0. The maximum atomic E-state index is 2.85. The average molecular weight is 734 g/mol. The normalized spacial score (nSPS) is 24.9. The Morgan fingerprint density at radius 3 is 1.80 bits per heavy atom. The molecule has 4 aromatic carbocycles. The summed E-state index contributed by atoms with van der Waals surface area (Å²) in [7, 11) is 0. The van der Waals surface area contributed by atoms with Crippen molar-refractivity contribution in [2.45, 2.75) is 104 Å². The molecule has 50 heavy (non-hydrogen) atoms. The van der Waals surface area contributed by atoms with E-state index < -0.39 is 21.3 Å². The minimum atomic E-state index is -2.88. The summed E-state index contributed by atoms with van der Waals surface area (Å²) in [5, 5.41) is 0. The summed E-state index contributed by atoms with van der Waals surface area (Å²) < 4.78 is 5.22. The average Bonchev–Trinajstić information content (AvgIpc) is 3.72. The molecule has 4 saturated carbocycles. The van der Waals surface area contributed by atoms with Crippen molar-refractivity contribution < 1.29 is 21.3 Å². The second-order valence-corrected chi connectivity index (χ2v) is 24.7. The van der Waals surface area contributed by atoms with Crippen LogP contribution in [0.4, 0.5) is 0 Å². The van der Waals surface area contributed by atoms with Crippen LogP contribution in [0, 0.1) is 23.2 Å². The van der Waals surface area contributed by atoms with E-state index in [9.17, 15) is 0 Å². The van der Waals surface area contributed by atoms with Gasteiger partial charge in [0, 0.05) is 0 Å². The van der Waals surface area contributed by atoms with Crippen molar-refractivity contribution in [3.8, 4) is 11.1 Å². The van der Waals surface area contributed by atoms with Gasteiger partial charge in [-0.25, -0.2) is 0 Å². The van der Waals surface area contributed by atoms with Gasteiger partial charge < -0.3 is 0 Å². The molecule has 0 spiro atoms. The number of hydrogen-bond acceptors (Lipinski definition) is 0. The zero-order chi connectivity index (χ0) is 34.4. The van der Waals surface area contributed by atoms with Gasteiger partial charge in [0.2, 0.25) is 0 Å². The van der Waals surface area contributed by atoms with Crippen molar-refractivity contribution in [1.29, 1.82) is 0 Å². The van der Waals surface area contributed by atoms with Crippen LogP contribution in [0.2, 0.25) is 0 Å². The molecule has 254 valence electrons. The summed E-state index contributed by atoms with van der Waals surface area (Å²) in [5.41, 5.74) is 14.4. The minimum absolute atomic E-state index is 0.0509. The van der Waals surface area contributed by atoms with Crippen molar-refractivity contribution in [3.05, 3.63) is 145 Å². The molecule has 0 aromatic heterocycles. The molecule has 10 rings (SSSR count). The van der Waals surface area contributed by atoms with Gasteiger partial charge in [-0.05, 0) is 0 Å². The Morgan fingerprint density at radius 1 is 0.660 bits per heavy atom. The van der Waals surface area contributed by atoms with Crippen molar-refractivity contribution in [1.82, 2.24) is 0 Å². The molecule has 6 aliphatic carbocycles. The van der Waals surface area contributed by atoms with Gasteiger partial charge in [0.25, 0.3) is 0 Å². The van der Waals surface area contributed by atoms with Crippen molar-refractivity contribution in [2.24, 2.45) is 23.2 Å². The maximum absolute atomic E-state index is 2.88. The van der Waals surface area contributed by atoms with Crippen LogP contribution in [0.25, 0.3) is 11.1 Å². The zero-order valence-electron chi connectivity index (χ0n) is 31.2. The van der Waals surface area contributed by atoms with Crippen LogP contribution in [-0.2, 0) is 38.5 Å². The van der Waals surface area contributed by atoms with Gasteiger partial charge in [0.15, 0.2) is 0 Å². The summed E-state index contributed by atoms with van der Waals surface area (Å²) in [6.45, 7) is 14.5. The van der Waals surface area contributed by atoms with Crippen LogP contribution in [-0.4, -0.2) is 3.21 Å². The molecule has 0 radical (unpaired) electrons. The first-order valence-electron chi connectivity index (χ1n) is 19.5. The predicted octanol–water partition coefficient (Wildman–Crippen LogP) is 11.8. The Bertz CT molecular complexity index is 2000. The molecule has 0 atom stereocenters. The van der Waals surface area contributed by atoms with Gasteiger partial charge in [-0.2, -0.15) is 0 Å². The van der Waals surface area contributed by atoms with Gasteiger partial charge in [-0.3, -0.25) is 0 Å². The number of benzene rings is 4. The van der Waals surface area contributed by atoms with E-state index in [1.165, 1.54) is 71.9 Å². The number of rotatable bonds is 5. The fourth-order valence-electron chi connectivity index (χ4n) is 11.3. The van der Waals surface area contributed by atoms with Crippen LogP contribution in [0.3, 0.4) is 0 Å². The molecule has 1 heteroatoms. The second kappa shape index (κ2) is 12.1. The van der Waals surface area contributed by atoms with Gasteiger partial charge in [-0.15, -0.1) is 0 Å². The number of fused-ring (bicyclic) bond motifs is 3. The van der Waals surface area contributed by atoms with Crippen LogP contribution in [0.5, 0.6) is 0 Å². The van der Waals surface area contributed by atoms with Gasteiger partial charge in [0.1, 0.15) is 0 Å².